The molecule has 6 heteroatoms. The second-order valence-corrected chi connectivity index (χ2v) is 5.05. The fourth-order valence-corrected chi connectivity index (χ4v) is 2.26. The molecule has 1 aliphatic heterocycles. The highest BCUT2D eigenvalue weighted by Crippen LogP contribution is 2.28. The predicted molar refractivity (Wildman–Crippen MR) is 80.2 cm³/mol. The summed E-state index contributed by atoms with van der Waals surface area (Å²) in [6.07, 6.45) is 2.13. The molecule has 1 aromatic carbocycles. The van der Waals surface area contributed by atoms with E-state index in [4.69, 9.17) is 27.4 Å². The number of nitrogens with two attached hydrogens (primary N) is 1. The number of ether oxygens (including phenoxy) is 2. The van der Waals surface area contributed by atoms with Crippen molar-refractivity contribution >= 4 is 23.1 Å². The summed E-state index contributed by atoms with van der Waals surface area (Å²) in [5.74, 6) is 1.03. The largest absolute Gasteiger partial charge is 0.493 e. The molecule has 0 atom stereocenters. The Morgan fingerprint density at radius 3 is 2.65 bits per heavy atom. The van der Waals surface area contributed by atoms with Crippen LogP contribution in [0.5, 0.6) is 11.5 Å². The van der Waals surface area contributed by atoms with Crippen LogP contribution in [0.4, 0.5) is 0 Å². The van der Waals surface area contributed by atoms with E-state index in [1.165, 1.54) is 7.11 Å². The lowest BCUT2D eigenvalue weighted by Crippen LogP contribution is -2.32. The van der Waals surface area contributed by atoms with Gasteiger partial charge in [-0.15, -0.1) is 0 Å². The van der Waals surface area contributed by atoms with E-state index in [2.05, 4.69) is 0 Å². The molecule has 108 valence electrons. The van der Waals surface area contributed by atoms with Crippen LogP contribution in [0.2, 0.25) is 0 Å². The van der Waals surface area contributed by atoms with Gasteiger partial charge in [-0.05, 0) is 31.0 Å². The molecular formula is C14H18N2O3S. The number of thiocarbonyl (C=S) groups is 1. The predicted octanol–water partition coefficient (Wildman–Crippen LogP) is 1.33. The van der Waals surface area contributed by atoms with Gasteiger partial charge in [-0.25, -0.2) is 0 Å². The number of likely N-dealkylation sites (tertiary alicyclic amines) is 1. The molecular weight excluding hydrogens is 276 g/mol. The maximum atomic E-state index is 11.9. The van der Waals surface area contributed by atoms with Crippen molar-refractivity contribution in [2.45, 2.75) is 12.8 Å². The zero-order valence-electron chi connectivity index (χ0n) is 11.4. The highest BCUT2D eigenvalue weighted by Gasteiger charge is 2.18. The van der Waals surface area contributed by atoms with E-state index in [9.17, 15) is 4.79 Å². The number of methoxy groups -OCH3 is 1. The first-order chi connectivity index (χ1) is 9.61. The zero-order valence-corrected chi connectivity index (χ0v) is 12.2. The van der Waals surface area contributed by atoms with Gasteiger partial charge in [0.05, 0.1) is 7.11 Å². The summed E-state index contributed by atoms with van der Waals surface area (Å²) in [6, 6.07) is 5.17. The normalized spacial score (nSPS) is 14.2. The first kappa shape index (κ1) is 14.6. The smallest absolute Gasteiger partial charge is 0.260 e. The minimum Gasteiger partial charge on any atom is -0.493 e. The molecule has 0 aromatic heterocycles. The number of carbonyl (C=O) groups is 1. The van der Waals surface area contributed by atoms with Crippen LogP contribution in [0, 0.1) is 0 Å². The van der Waals surface area contributed by atoms with Gasteiger partial charge in [0, 0.05) is 18.7 Å². The van der Waals surface area contributed by atoms with Crippen molar-refractivity contribution in [2.75, 3.05) is 26.8 Å². The summed E-state index contributed by atoms with van der Waals surface area (Å²) in [4.78, 5) is 14.0. The number of rotatable bonds is 5. The zero-order chi connectivity index (χ0) is 14.5. The Labute approximate surface area is 123 Å². The Kier molecular flexibility index (Phi) is 4.79. The van der Waals surface area contributed by atoms with E-state index >= 15 is 0 Å². The lowest BCUT2D eigenvalue weighted by Gasteiger charge is -2.16. The van der Waals surface area contributed by atoms with Crippen molar-refractivity contribution in [3.63, 3.8) is 0 Å². The first-order valence-electron chi connectivity index (χ1n) is 6.50. The van der Waals surface area contributed by atoms with Crippen LogP contribution >= 0.6 is 12.2 Å². The first-order valence-corrected chi connectivity index (χ1v) is 6.91. The monoisotopic (exact) mass is 294 g/mol. The average Bonchev–Trinajstić information content (AvgIpc) is 2.98. The molecule has 20 heavy (non-hydrogen) atoms. The van der Waals surface area contributed by atoms with Crippen molar-refractivity contribution in [3.05, 3.63) is 23.8 Å². The summed E-state index contributed by atoms with van der Waals surface area (Å²) < 4.78 is 10.8. The Hall–Kier alpha value is -1.82. The van der Waals surface area contributed by atoms with Crippen LogP contribution < -0.4 is 15.2 Å². The van der Waals surface area contributed by atoms with Gasteiger partial charge < -0.3 is 20.1 Å². The van der Waals surface area contributed by atoms with Crippen LogP contribution in [0.25, 0.3) is 0 Å². The Morgan fingerprint density at radius 2 is 2.05 bits per heavy atom. The molecule has 5 nitrogen and oxygen atoms in total. The third kappa shape index (κ3) is 3.39. The van der Waals surface area contributed by atoms with Crippen LogP contribution in [-0.2, 0) is 4.79 Å². The lowest BCUT2D eigenvalue weighted by atomic mass is 10.2. The van der Waals surface area contributed by atoms with E-state index in [0.717, 1.165) is 25.9 Å². The van der Waals surface area contributed by atoms with Crippen LogP contribution in [0.15, 0.2) is 18.2 Å². The molecule has 0 bridgehead atoms. The second kappa shape index (κ2) is 6.56. The fraction of sp³-hybridized carbons (Fsp3) is 0.429. The van der Waals surface area contributed by atoms with E-state index in [0.29, 0.717) is 22.1 Å². The maximum absolute atomic E-state index is 11.9. The summed E-state index contributed by atoms with van der Waals surface area (Å²) in [7, 11) is 1.54. The molecule has 0 spiro atoms. The van der Waals surface area contributed by atoms with Gasteiger partial charge >= 0.3 is 0 Å². The third-order valence-corrected chi connectivity index (χ3v) is 3.49. The van der Waals surface area contributed by atoms with Gasteiger partial charge in [0.15, 0.2) is 18.1 Å². The number of carbonyl (C=O) groups excluding carboxylic acids is 1. The van der Waals surface area contributed by atoms with Crippen molar-refractivity contribution in [3.8, 4) is 11.5 Å². The average molecular weight is 294 g/mol. The fourth-order valence-electron chi connectivity index (χ4n) is 2.14. The summed E-state index contributed by atoms with van der Waals surface area (Å²) in [5.41, 5.74) is 6.27. The number of nitrogens with zero attached hydrogens (tertiary/aromatic N) is 1. The molecule has 1 aliphatic rings. The molecule has 0 saturated carbocycles. The Morgan fingerprint density at radius 1 is 1.35 bits per heavy atom. The standard InChI is InChI=1S/C14H18N2O3S/c1-18-12-8-10(14(15)20)4-5-11(12)19-9-13(17)16-6-2-3-7-16/h4-5,8H,2-3,6-7,9H2,1H3,(H2,15,20). The summed E-state index contributed by atoms with van der Waals surface area (Å²) in [5, 5.41) is 0. The Bertz CT molecular complexity index is 513. The molecule has 0 unspecified atom stereocenters. The molecule has 2 rings (SSSR count). The lowest BCUT2D eigenvalue weighted by molar-refractivity contribution is -0.132. The van der Waals surface area contributed by atoms with E-state index in [1.807, 2.05) is 4.90 Å². The van der Waals surface area contributed by atoms with E-state index in [-0.39, 0.29) is 12.5 Å². The van der Waals surface area contributed by atoms with E-state index < -0.39 is 0 Å². The molecule has 1 fully saturated rings. The van der Waals surface area contributed by atoms with Gasteiger partial charge in [0.25, 0.3) is 5.91 Å². The molecule has 0 aliphatic carbocycles. The molecule has 1 heterocycles. The molecule has 1 saturated heterocycles. The minimum absolute atomic E-state index is 0.00275. The number of hydrogen-bond acceptors (Lipinski definition) is 4. The Balaban J connectivity index is 2.01. The number of amides is 1. The van der Waals surface area contributed by atoms with Gasteiger partial charge in [0.2, 0.25) is 0 Å². The topological polar surface area (TPSA) is 64.8 Å². The molecule has 1 aromatic rings. The van der Waals surface area contributed by atoms with Crippen molar-refractivity contribution < 1.29 is 14.3 Å². The third-order valence-electron chi connectivity index (χ3n) is 3.26. The molecule has 0 radical (unpaired) electrons. The number of hydrogen-bond donors (Lipinski definition) is 1. The molecule has 2 N–H and O–H groups in total. The molecule has 1 amide bonds. The van der Waals surface area contributed by atoms with Gasteiger partial charge in [0.1, 0.15) is 4.99 Å². The number of benzene rings is 1. The van der Waals surface area contributed by atoms with Crippen molar-refractivity contribution in [2.24, 2.45) is 5.73 Å². The SMILES string of the molecule is COc1cc(C(N)=S)ccc1OCC(=O)N1CCCC1. The minimum atomic E-state index is 0.00275. The van der Waals surface area contributed by atoms with Crippen molar-refractivity contribution in [1.82, 2.24) is 4.90 Å². The summed E-state index contributed by atoms with van der Waals surface area (Å²) >= 11 is 4.91. The van der Waals surface area contributed by atoms with Crippen LogP contribution in [-0.4, -0.2) is 42.6 Å². The highest BCUT2D eigenvalue weighted by molar-refractivity contribution is 7.80. The van der Waals surface area contributed by atoms with Gasteiger partial charge in [-0.1, -0.05) is 12.2 Å². The van der Waals surface area contributed by atoms with E-state index in [1.54, 1.807) is 18.2 Å². The maximum Gasteiger partial charge on any atom is 0.260 e. The van der Waals surface area contributed by atoms with Crippen LogP contribution in [0.3, 0.4) is 0 Å². The summed E-state index contributed by atoms with van der Waals surface area (Å²) in [6.45, 7) is 1.65. The quantitative estimate of drug-likeness (QED) is 0.830. The second-order valence-electron chi connectivity index (χ2n) is 4.61. The van der Waals surface area contributed by atoms with Gasteiger partial charge in [-0.3, -0.25) is 4.79 Å². The van der Waals surface area contributed by atoms with Crippen molar-refractivity contribution in [1.29, 1.82) is 0 Å². The highest BCUT2D eigenvalue weighted by atomic mass is 32.1. The van der Waals surface area contributed by atoms with Gasteiger partial charge in [-0.2, -0.15) is 0 Å². The van der Waals surface area contributed by atoms with Crippen LogP contribution in [0.1, 0.15) is 18.4 Å².